The van der Waals surface area contributed by atoms with Gasteiger partial charge in [0, 0.05) is 36.1 Å². The van der Waals surface area contributed by atoms with Gasteiger partial charge in [-0.1, -0.05) is 26.0 Å². The van der Waals surface area contributed by atoms with Gasteiger partial charge in [-0.2, -0.15) is 0 Å². The lowest BCUT2D eigenvalue weighted by Gasteiger charge is -2.26. The lowest BCUT2D eigenvalue weighted by Crippen LogP contribution is -2.35. The summed E-state index contributed by atoms with van der Waals surface area (Å²) in [5, 5.41) is 4.00. The van der Waals surface area contributed by atoms with Crippen molar-refractivity contribution in [2.24, 2.45) is 0 Å². The summed E-state index contributed by atoms with van der Waals surface area (Å²) >= 11 is 0. The molecule has 168 valence electrons. The molecule has 0 radical (unpaired) electrons. The van der Waals surface area contributed by atoms with Crippen LogP contribution >= 0.6 is 0 Å². The average Bonchev–Trinajstić information content (AvgIpc) is 3.18. The fourth-order valence-corrected chi connectivity index (χ4v) is 4.48. The average molecular weight is 433 g/mol. The summed E-state index contributed by atoms with van der Waals surface area (Å²) in [5.74, 6) is 0.469. The fourth-order valence-electron chi connectivity index (χ4n) is 4.48. The van der Waals surface area contributed by atoms with Crippen LogP contribution in [-0.2, 0) is 17.8 Å². The highest BCUT2D eigenvalue weighted by Crippen LogP contribution is 2.29. The number of fused-ring (bicyclic) bond motifs is 1. The molecule has 5 heteroatoms. The van der Waals surface area contributed by atoms with Crippen LogP contribution in [0.2, 0.25) is 0 Å². The van der Waals surface area contributed by atoms with E-state index in [2.05, 4.69) is 38.2 Å². The zero-order valence-corrected chi connectivity index (χ0v) is 19.2. The van der Waals surface area contributed by atoms with Crippen LogP contribution in [0.4, 0.5) is 0 Å². The molecule has 1 aliphatic heterocycles. The van der Waals surface area contributed by atoms with Crippen LogP contribution in [-0.4, -0.2) is 29.8 Å². The van der Waals surface area contributed by atoms with E-state index in [9.17, 15) is 9.59 Å². The Bertz CT molecular complexity index is 1110. The second kappa shape index (κ2) is 9.60. The minimum absolute atomic E-state index is 0.0483. The number of amides is 2. The van der Waals surface area contributed by atoms with Crippen LogP contribution in [0.3, 0.4) is 0 Å². The van der Waals surface area contributed by atoms with Crippen molar-refractivity contribution in [2.45, 2.75) is 58.9 Å². The maximum atomic E-state index is 12.6. The molecule has 1 N–H and O–H groups in total. The molecule has 2 amide bonds. The molecular formula is C27H32N2O3. The van der Waals surface area contributed by atoms with Crippen molar-refractivity contribution >= 4 is 22.8 Å². The topological polar surface area (TPSA) is 62.6 Å². The number of piperidine rings is 1. The molecule has 0 saturated carbocycles. The first kappa shape index (κ1) is 22.1. The van der Waals surface area contributed by atoms with E-state index in [4.69, 9.17) is 4.42 Å². The number of nitrogens with zero attached hydrogens (tertiary/aromatic N) is 1. The van der Waals surface area contributed by atoms with E-state index >= 15 is 0 Å². The molecule has 0 atom stereocenters. The molecule has 0 bridgehead atoms. The number of furan rings is 1. The van der Waals surface area contributed by atoms with E-state index in [-0.39, 0.29) is 18.2 Å². The molecule has 3 aromatic rings. The van der Waals surface area contributed by atoms with Crippen LogP contribution < -0.4 is 5.32 Å². The summed E-state index contributed by atoms with van der Waals surface area (Å²) in [6.45, 7) is 8.56. The summed E-state index contributed by atoms with van der Waals surface area (Å²) in [7, 11) is 0. The maximum Gasteiger partial charge on any atom is 0.253 e. The van der Waals surface area contributed by atoms with Gasteiger partial charge in [-0.15, -0.1) is 0 Å². The molecule has 4 rings (SSSR count). The summed E-state index contributed by atoms with van der Waals surface area (Å²) < 4.78 is 5.70. The molecule has 5 nitrogen and oxygen atoms in total. The summed E-state index contributed by atoms with van der Waals surface area (Å²) in [6, 6.07) is 11.8. The molecule has 1 fully saturated rings. The Balaban J connectivity index is 1.36. The number of nitrogens with one attached hydrogen (secondary N) is 1. The Morgan fingerprint density at radius 1 is 1.06 bits per heavy atom. The van der Waals surface area contributed by atoms with Crippen LogP contribution in [0.15, 0.2) is 47.1 Å². The number of aryl methyl sites for hydroxylation is 1. The van der Waals surface area contributed by atoms with Gasteiger partial charge in [-0.05, 0) is 73.1 Å². The Hall–Kier alpha value is -3.08. The molecule has 2 heterocycles. The predicted octanol–water partition coefficient (Wildman–Crippen LogP) is 5.35. The lowest BCUT2D eigenvalue weighted by atomic mass is 9.95. The van der Waals surface area contributed by atoms with Crippen molar-refractivity contribution in [3.63, 3.8) is 0 Å². The summed E-state index contributed by atoms with van der Waals surface area (Å²) in [4.78, 5) is 27.1. The van der Waals surface area contributed by atoms with Gasteiger partial charge in [0.25, 0.3) is 5.91 Å². The number of likely N-dealkylation sites (tertiary alicyclic amines) is 1. The lowest BCUT2D eigenvalue weighted by molar-refractivity contribution is -0.120. The maximum absolute atomic E-state index is 12.6. The number of hydrogen-bond donors (Lipinski definition) is 1. The molecule has 0 aliphatic carbocycles. The van der Waals surface area contributed by atoms with Crippen molar-refractivity contribution in [3.05, 3.63) is 70.5 Å². The Morgan fingerprint density at radius 2 is 1.78 bits per heavy atom. The first-order valence-electron chi connectivity index (χ1n) is 11.6. The van der Waals surface area contributed by atoms with E-state index in [0.29, 0.717) is 18.0 Å². The van der Waals surface area contributed by atoms with Gasteiger partial charge in [-0.3, -0.25) is 9.59 Å². The van der Waals surface area contributed by atoms with Gasteiger partial charge < -0.3 is 14.6 Å². The molecule has 0 spiro atoms. The zero-order valence-electron chi connectivity index (χ0n) is 19.2. The second-order valence-corrected chi connectivity index (χ2v) is 9.12. The van der Waals surface area contributed by atoms with E-state index < -0.39 is 0 Å². The molecule has 1 saturated heterocycles. The molecule has 32 heavy (non-hydrogen) atoms. The Morgan fingerprint density at radius 3 is 2.47 bits per heavy atom. The molecule has 2 aromatic carbocycles. The van der Waals surface area contributed by atoms with E-state index in [0.717, 1.165) is 48.0 Å². The van der Waals surface area contributed by atoms with Crippen molar-refractivity contribution < 1.29 is 14.0 Å². The number of carbonyl (C=O) groups excluding carboxylic acids is 2. The van der Waals surface area contributed by atoms with Crippen molar-refractivity contribution in [3.8, 4) is 0 Å². The third-order valence-corrected chi connectivity index (χ3v) is 6.35. The van der Waals surface area contributed by atoms with Gasteiger partial charge in [-0.25, -0.2) is 0 Å². The molecule has 0 unspecified atom stereocenters. The third kappa shape index (κ3) is 4.87. The fraction of sp³-hybridized carbons (Fsp3) is 0.407. The normalized spacial score (nSPS) is 14.2. The standard InChI is InChI=1S/C27H32N2O3/c1-18(2)23-15-24-22(17-32-25(24)13-19(23)3)14-26(30)28-16-20-7-9-21(10-8-20)27(31)29-11-5-4-6-12-29/h7-10,13,15,17-18H,4-6,11-12,14,16H2,1-3H3,(H,28,30). The third-order valence-electron chi connectivity index (χ3n) is 6.35. The highest BCUT2D eigenvalue weighted by molar-refractivity contribution is 5.94. The SMILES string of the molecule is Cc1cc2occ(CC(=O)NCc3ccc(C(=O)N4CCCCC4)cc3)c2cc1C(C)C. The number of rotatable bonds is 6. The molecule has 1 aromatic heterocycles. The van der Waals surface area contributed by atoms with Crippen molar-refractivity contribution in [2.75, 3.05) is 13.1 Å². The van der Waals surface area contributed by atoms with Gasteiger partial charge in [0.2, 0.25) is 5.91 Å². The summed E-state index contributed by atoms with van der Waals surface area (Å²) in [6.07, 6.45) is 5.34. The van der Waals surface area contributed by atoms with Crippen molar-refractivity contribution in [1.82, 2.24) is 10.2 Å². The summed E-state index contributed by atoms with van der Waals surface area (Å²) in [5.41, 5.74) is 5.90. The Labute approximate surface area is 189 Å². The highest BCUT2D eigenvalue weighted by atomic mass is 16.3. The van der Waals surface area contributed by atoms with E-state index in [1.54, 1.807) is 6.26 Å². The molecular weight excluding hydrogens is 400 g/mol. The molecule has 1 aliphatic rings. The Kier molecular flexibility index (Phi) is 6.63. The first-order chi connectivity index (χ1) is 15.4. The number of hydrogen-bond acceptors (Lipinski definition) is 3. The van der Waals surface area contributed by atoms with Gasteiger partial charge in [0.15, 0.2) is 0 Å². The quantitative estimate of drug-likeness (QED) is 0.571. The van der Waals surface area contributed by atoms with Crippen LogP contribution in [0, 0.1) is 6.92 Å². The largest absolute Gasteiger partial charge is 0.464 e. The van der Waals surface area contributed by atoms with E-state index in [1.165, 1.54) is 17.5 Å². The van der Waals surface area contributed by atoms with Gasteiger partial charge in [0.05, 0.1) is 12.7 Å². The van der Waals surface area contributed by atoms with Crippen LogP contribution in [0.25, 0.3) is 11.0 Å². The van der Waals surface area contributed by atoms with Crippen LogP contribution in [0.1, 0.15) is 71.6 Å². The van der Waals surface area contributed by atoms with Crippen molar-refractivity contribution in [1.29, 1.82) is 0 Å². The van der Waals surface area contributed by atoms with Gasteiger partial charge in [0.1, 0.15) is 5.58 Å². The monoisotopic (exact) mass is 432 g/mol. The number of benzene rings is 2. The minimum Gasteiger partial charge on any atom is -0.464 e. The minimum atomic E-state index is -0.0483. The van der Waals surface area contributed by atoms with E-state index in [1.807, 2.05) is 29.2 Å². The second-order valence-electron chi connectivity index (χ2n) is 9.12. The first-order valence-corrected chi connectivity index (χ1v) is 11.6. The predicted molar refractivity (Wildman–Crippen MR) is 127 cm³/mol. The van der Waals surface area contributed by atoms with Gasteiger partial charge >= 0.3 is 0 Å². The zero-order chi connectivity index (χ0) is 22.7. The smallest absolute Gasteiger partial charge is 0.253 e. The van der Waals surface area contributed by atoms with Crippen LogP contribution in [0.5, 0.6) is 0 Å². The number of carbonyl (C=O) groups is 2. The highest BCUT2D eigenvalue weighted by Gasteiger charge is 2.18.